The summed E-state index contributed by atoms with van der Waals surface area (Å²) in [6.07, 6.45) is 1.33. The van der Waals surface area contributed by atoms with Gasteiger partial charge in [0.2, 0.25) is 0 Å². The maximum atomic E-state index is 10.5. The van der Waals surface area contributed by atoms with Gasteiger partial charge in [-0.15, -0.1) is 0 Å². The van der Waals surface area contributed by atoms with E-state index in [0.717, 1.165) is 5.56 Å². The molecule has 0 aliphatic carbocycles. The van der Waals surface area contributed by atoms with Crippen molar-refractivity contribution in [3.8, 4) is 11.5 Å². The van der Waals surface area contributed by atoms with Gasteiger partial charge in [-0.05, 0) is 36.6 Å². The third kappa shape index (κ3) is 3.81. The number of phenolic OH excluding ortho intramolecular Hbond substituents is 1. The van der Waals surface area contributed by atoms with Crippen LogP contribution in [0.15, 0.2) is 18.2 Å². The number of esters is 1. The molecule has 0 aliphatic rings. The average molecular weight is 224 g/mol. The van der Waals surface area contributed by atoms with E-state index >= 15 is 0 Å². The highest BCUT2D eigenvalue weighted by atomic mass is 16.5. The zero-order chi connectivity index (χ0) is 12.0. The zero-order valence-corrected chi connectivity index (χ0v) is 9.53. The van der Waals surface area contributed by atoms with Gasteiger partial charge in [-0.1, -0.05) is 0 Å². The molecule has 16 heavy (non-hydrogen) atoms. The molecule has 0 aliphatic heterocycles. The number of carbonyl (C=O) groups excluding carboxylic acids is 1. The first-order valence-electron chi connectivity index (χ1n) is 5.12. The molecule has 0 aromatic heterocycles. The number of methoxy groups -OCH3 is 1. The first-order chi connectivity index (χ1) is 7.63. The monoisotopic (exact) mass is 224 g/mol. The summed E-state index contributed by atoms with van der Waals surface area (Å²) in [7, 11) is 1.58. The molecular weight excluding hydrogens is 208 g/mol. The lowest BCUT2D eigenvalue weighted by Crippen LogP contribution is -2.01. The van der Waals surface area contributed by atoms with Crippen molar-refractivity contribution >= 4 is 5.97 Å². The molecule has 1 aromatic carbocycles. The minimum absolute atomic E-state index is 0.239. The van der Waals surface area contributed by atoms with Crippen molar-refractivity contribution in [1.82, 2.24) is 0 Å². The zero-order valence-electron chi connectivity index (χ0n) is 9.53. The van der Waals surface area contributed by atoms with Gasteiger partial charge in [-0.3, -0.25) is 4.79 Å². The maximum Gasteiger partial charge on any atom is 0.302 e. The molecular formula is C12H16O4. The van der Waals surface area contributed by atoms with E-state index in [2.05, 4.69) is 0 Å². The van der Waals surface area contributed by atoms with E-state index in [4.69, 9.17) is 9.47 Å². The highest BCUT2D eigenvalue weighted by molar-refractivity contribution is 5.65. The first kappa shape index (κ1) is 12.4. The van der Waals surface area contributed by atoms with E-state index in [0.29, 0.717) is 25.2 Å². The van der Waals surface area contributed by atoms with Crippen LogP contribution < -0.4 is 4.74 Å². The summed E-state index contributed by atoms with van der Waals surface area (Å²) in [5, 5.41) is 9.58. The summed E-state index contributed by atoms with van der Waals surface area (Å²) < 4.78 is 9.87. The quantitative estimate of drug-likeness (QED) is 0.613. The minimum atomic E-state index is -0.283. The summed E-state index contributed by atoms with van der Waals surface area (Å²) in [6, 6.07) is 5.08. The largest absolute Gasteiger partial charge is 0.508 e. The Kier molecular flexibility index (Phi) is 4.64. The fourth-order valence-electron chi connectivity index (χ4n) is 1.37. The Morgan fingerprint density at radius 1 is 1.44 bits per heavy atom. The van der Waals surface area contributed by atoms with Gasteiger partial charge in [0.1, 0.15) is 11.5 Å². The van der Waals surface area contributed by atoms with E-state index in [9.17, 15) is 9.90 Å². The normalized spacial score (nSPS) is 9.88. The number of rotatable bonds is 5. The summed E-state index contributed by atoms with van der Waals surface area (Å²) >= 11 is 0. The SMILES string of the molecule is COc1ccc(O)c(CCCOC(C)=O)c1. The van der Waals surface area contributed by atoms with Gasteiger partial charge in [0.05, 0.1) is 13.7 Å². The molecule has 4 nitrogen and oxygen atoms in total. The van der Waals surface area contributed by atoms with Crippen LogP contribution in [0.5, 0.6) is 11.5 Å². The number of hydrogen-bond acceptors (Lipinski definition) is 4. The Balaban J connectivity index is 2.49. The predicted molar refractivity (Wildman–Crippen MR) is 59.6 cm³/mol. The van der Waals surface area contributed by atoms with E-state index in [1.54, 1.807) is 25.3 Å². The fourth-order valence-corrected chi connectivity index (χ4v) is 1.37. The van der Waals surface area contributed by atoms with Crippen molar-refractivity contribution in [3.63, 3.8) is 0 Å². The molecule has 0 saturated heterocycles. The Morgan fingerprint density at radius 3 is 2.81 bits per heavy atom. The van der Waals surface area contributed by atoms with Gasteiger partial charge >= 0.3 is 5.97 Å². The van der Waals surface area contributed by atoms with E-state index in [1.807, 2.05) is 0 Å². The van der Waals surface area contributed by atoms with Crippen LogP contribution in [0.4, 0.5) is 0 Å². The molecule has 4 heteroatoms. The van der Waals surface area contributed by atoms with Gasteiger partial charge in [-0.2, -0.15) is 0 Å². The van der Waals surface area contributed by atoms with Crippen LogP contribution >= 0.6 is 0 Å². The van der Waals surface area contributed by atoms with E-state index in [1.165, 1.54) is 6.92 Å². The van der Waals surface area contributed by atoms with Crippen LogP contribution in [0.25, 0.3) is 0 Å². The second-order valence-corrected chi connectivity index (χ2v) is 3.44. The molecule has 0 radical (unpaired) electrons. The molecule has 0 unspecified atom stereocenters. The molecule has 1 rings (SSSR count). The Labute approximate surface area is 94.8 Å². The third-order valence-electron chi connectivity index (χ3n) is 2.18. The van der Waals surface area contributed by atoms with Crippen molar-refractivity contribution in [2.75, 3.05) is 13.7 Å². The maximum absolute atomic E-state index is 10.5. The lowest BCUT2D eigenvalue weighted by molar-refractivity contribution is -0.141. The van der Waals surface area contributed by atoms with Crippen molar-refractivity contribution in [2.45, 2.75) is 19.8 Å². The second-order valence-electron chi connectivity index (χ2n) is 3.44. The van der Waals surface area contributed by atoms with Crippen molar-refractivity contribution < 1.29 is 19.4 Å². The highest BCUT2D eigenvalue weighted by Gasteiger charge is 2.03. The predicted octanol–water partition coefficient (Wildman–Crippen LogP) is 1.90. The van der Waals surface area contributed by atoms with Crippen molar-refractivity contribution in [2.24, 2.45) is 0 Å². The Morgan fingerprint density at radius 2 is 2.19 bits per heavy atom. The topological polar surface area (TPSA) is 55.8 Å². The van der Waals surface area contributed by atoms with Crippen LogP contribution in [-0.2, 0) is 16.0 Å². The Bertz CT molecular complexity index is 360. The van der Waals surface area contributed by atoms with Gasteiger partial charge in [0, 0.05) is 6.92 Å². The van der Waals surface area contributed by atoms with Gasteiger partial charge in [-0.25, -0.2) is 0 Å². The van der Waals surface area contributed by atoms with Crippen LogP contribution in [0.3, 0.4) is 0 Å². The summed E-state index contributed by atoms with van der Waals surface area (Å²) in [6.45, 7) is 1.75. The molecule has 0 bridgehead atoms. The Hall–Kier alpha value is -1.71. The number of aromatic hydroxyl groups is 1. The summed E-state index contributed by atoms with van der Waals surface area (Å²) in [5.41, 5.74) is 0.798. The number of ether oxygens (including phenoxy) is 2. The number of hydrogen-bond donors (Lipinski definition) is 1. The molecule has 88 valence electrons. The molecule has 0 saturated carbocycles. The molecule has 1 N–H and O–H groups in total. The summed E-state index contributed by atoms with van der Waals surface area (Å²) in [5.74, 6) is 0.666. The highest BCUT2D eigenvalue weighted by Crippen LogP contribution is 2.23. The van der Waals surface area contributed by atoms with E-state index < -0.39 is 0 Å². The third-order valence-corrected chi connectivity index (χ3v) is 2.18. The number of aryl methyl sites for hydroxylation is 1. The van der Waals surface area contributed by atoms with Crippen LogP contribution in [0.2, 0.25) is 0 Å². The lowest BCUT2D eigenvalue weighted by Gasteiger charge is -2.07. The van der Waals surface area contributed by atoms with Crippen LogP contribution in [0, 0.1) is 0 Å². The van der Waals surface area contributed by atoms with Gasteiger partial charge in [0.15, 0.2) is 0 Å². The van der Waals surface area contributed by atoms with Crippen molar-refractivity contribution in [1.29, 1.82) is 0 Å². The number of phenols is 1. The molecule has 0 fully saturated rings. The molecule has 1 aromatic rings. The second kappa shape index (κ2) is 6.00. The fraction of sp³-hybridized carbons (Fsp3) is 0.417. The summed E-state index contributed by atoms with van der Waals surface area (Å²) in [4.78, 5) is 10.5. The molecule has 0 atom stereocenters. The van der Waals surface area contributed by atoms with Crippen molar-refractivity contribution in [3.05, 3.63) is 23.8 Å². The lowest BCUT2D eigenvalue weighted by atomic mass is 10.1. The first-order valence-corrected chi connectivity index (χ1v) is 5.12. The smallest absolute Gasteiger partial charge is 0.302 e. The molecule has 0 spiro atoms. The van der Waals surface area contributed by atoms with Crippen LogP contribution in [-0.4, -0.2) is 24.8 Å². The number of carbonyl (C=O) groups is 1. The van der Waals surface area contributed by atoms with Gasteiger partial charge in [0.25, 0.3) is 0 Å². The van der Waals surface area contributed by atoms with E-state index in [-0.39, 0.29) is 11.7 Å². The minimum Gasteiger partial charge on any atom is -0.508 e. The number of benzene rings is 1. The standard InChI is InChI=1S/C12H16O4/c1-9(13)16-7-3-4-10-8-11(15-2)5-6-12(10)14/h5-6,8,14H,3-4,7H2,1-2H3. The van der Waals surface area contributed by atoms with Gasteiger partial charge < -0.3 is 14.6 Å². The average Bonchev–Trinajstić information content (AvgIpc) is 2.26. The molecule has 0 heterocycles. The van der Waals surface area contributed by atoms with Crippen LogP contribution in [0.1, 0.15) is 18.9 Å². The molecule has 0 amide bonds.